The van der Waals surface area contributed by atoms with Gasteiger partial charge >= 0.3 is 11.6 Å². The van der Waals surface area contributed by atoms with Crippen molar-refractivity contribution in [3.63, 3.8) is 0 Å². The molecule has 2 aromatic heterocycles. The number of esters is 1. The second kappa shape index (κ2) is 4.23. The van der Waals surface area contributed by atoms with Crippen molar-refractivity contribution < 1.29 is 18.4 Å². The number of rotatable bonds is 1. The van der Waals surface area contributed by atoms with E-state index in [1.54, 1.807) is 13.0 Å². The number of furan rings is 1. The van der Waals surface area contributed by atoms with Crippen molar-refractivity contribution in [1.82, 2.24) is 0 Å². The lowest BCUT2D eigenvalue weighted by Gasteiger charge is -2.03. The van der Waals surface area contributed by atoms with Crippen LogP contribution in [0.4, 0.5) is 0 Å². The van der Waals surface area contributed by atoms with Crippen molar-refractivity contribution >= 4 is 27.9 Å². The minimum absolute atomic E-state index is 0.126. The average Bonchev–Trinajstić information content (AvgIpc) is 2.84. The molecular weight excluding hydrogens is 260 g/mol. The molecule has 0 spiro atoms. The van der Waals surface area contributed by atoms with E-state index in [1.165, 1.54) is 13.2 Å². The number of fused-ring (bicyclic) bond motifs is 2. The second-order valence-corrected chi connectivity index (χ2v) is 4.65. The summed E-state index contributed by atoms with van der Waals surface area (Å²) < 4.78 is 15.4. The summed E-state index contributed by atoms with van der Waals surface area (Å²) in [7, 11) is 1.29. The van der Waals surface area contributed by atoms with Crippen LogP contribution in [0.1, 0.15) is 21.7 Å². The van der Waals surface area contributed by atoms with Gasteiger partial charge in [0.15, 0.2) is 0 Å². The van der Waals surface area contributed by atoms with Crippen LogP contribution in [0.3, 0.4) is 0 Å². The summed E-state index contributed by atoms with van der Waals surface area (Å²) in [5, 5.41) is 1.60. The zero-order valence-electron chi connectivity index (χ0n) is 11.3. The van der Waals surface area contributed by atoms with E-state index in [0.717, 1.165) is 16.3 Å². The van der Waals surface area contributed by atoms with Crippen LogP contribution in [0.15, 0.2) is 31.8 Å². The first-order valence-electron chi connectivity index (χ1n) is 6.07. The lowest BCUT2D eigenvalue weighted by molar-refractivity contribution is 0.0567. The number of carbonyl (C=O) groups is 1. The maximum Gasteiger partial charge on any atom is 0.373 e. The third-order valence-corrected chi connectivity index (χ3v) is 3.33. The summed E-state index contributed by atoms with van der Waals surface area (Å²) in [6.45, 7) is 3.63. The van der Waals surface area contributed by atoms with Crippen molar-refractivity contribution in [3.8, 4) is 0 Å². The van der Waals surface area contributed by atoms with Crippen LogP contribution in [0.2, 0.25) is 0 Å². The number of ether oxygens (including phenoxy) is 1. The molecule has 5 heteroatoms. The molecular formula is C15H12O5. The Kier molecular flexibility index (Phi) is 2.64. The van der Waals surface area contributed by atoms with Gasteiger partial charge in [0.05, 0.1) is 7.11 Å². The minimum Gasteiger partial charge on any atom is -0.463 e. The van der Waals surface area contributed by atoms with Gasteiger partial charge in [-0.1, -0.05) is 0 Å². The van der Waals surface area contributed by atoms with E-state index in [9.17, 15) is 9.59 Å². The first-order chi connectivity index (χ1) is 9.51. The average molecular weight is 272 g/mol. The van der Waals surface area contributed by atoms with Gasteiger partial charge in [-0.05, 0) is 31.5 Å². The topological polar surface area (TPSA) is 69.7 Å². The van der Waals surface area contributed by atoms with Gasteiger partial charge in [-0.2, -0.15) is 0 Å². The molecule has 0 amide bonds. The van der Waals surface area contributed by atoms with Gasteiger partial charge in [-0.25, -0.2) is 9.59 Å². The summed E-state index contributed by atoms with van der Waals surface area (Å²) in [5.41, 5.74) is 2.10. The molecule has 0 atom stereocenters. The normalized spacial score (nSPS) is 11.2. The van der Waals surface area contributed by atoms with Crippen LogP contribution >= 0.6 is 0 Å². The van der Waals surface area contributed by atoms with Gasteiger partial charge in [0.1, 0.15) is 11.2 Å². The van der Waals surface area contributed by atoms with Crippen molar-refractivity contribution in [2.45, 2.75) is 13.8 Å². The molecule has 2 heterocycles. The van der Waals surface area contributed by atoms with E-state index >= 15 is 0 Å². The lowest BCUT2D eigenvalue weighted by atomic mass is 10.1. The third kappa shape index (κ3) is 1.71. The number of aryl methyl sites for hydroxylation is 2. The Morgan fingerprint density at radius 1 is 1.10 bits per heavy atom. The van der Waals surface area contributed by atoms with Gasteiger partial charge in [0.25, 0.3) is 0 Å². The molecule has 0 radical (unpaired) electrons. The summed E-state index contributed by atoms with van der Waals surface area (Å²) in [6.07, 6.45) is 0. The van der Waals surface area contributed by atoms with Gasteiger partial charge in [0, 0.05) is 22.4 Å². The van der Waals surface area contributed by atoms with E-state index in [2.05, 4.69) is 4.74 Å². The molecule has 102 valence electrons. The number of hydrogen-bond donors (Lipinski definition) is 0. The smallest absolute Gasteiger partial charge is 0.373 e. The molecule has 0 saturated carbocycles. The summed E-state index contributed by atoms with van der Waals surface area (Å²) >= 11 is 0. The molecule has 0 unspecified atom stereocenters. The molecule has 20 heavy (non-hydrogen) atoms. The second-order valence-electron chi connectivity index (χ2n) is 4.65. The highest BCUT2D eigenvalue weighted by Gasteiger charge is 2.17. The van der Waals surface area contributed by atoms with Crippen molar-refractivity contribution in [2.24, 2.45) is 0 Å². The van der Waals surface area contributed by atoms with E-state index in [-0.39, 0.29) is 5.76 Å². The Hall–Kier alpha value is -2.56. The number of methoxy groups -OCH3 is 1. The van der Waals surface area contributed by atoms with Gasteiger partial charge in [-0.3, -0.25) is 0 Å². The molecule has 0 aliphatic carbocycles. The highest BCUT2D eigenvalue weighted by molar-refractivity contribution is 6.01. The predicted octanol–water partition coefficient (Wildman–Crippen LogP) is 2.94. The monoisotopic (exact) mass is 272 g/mol. The quantitative estimate of drug-likeness (QED) is 0.503. The third-order valence-electron chi connectivity index (χ3n) is 3.33. The fourth-order valence-electron chi connectivity index (χ4n) is 2.34. The van der Waals surface area contributed by atoms with Crippen LogP contribution in [0.25, 0.3) is 21.9 Å². The molecule has 1 aromatic carbocycles. The number of hydrogen-bond acceptors (Lipinski definition) is 5. The van der Waals surface area contributed by atoms with Crippen LogP contribution in [0.5, 0.6) is 0 Å². The lowest BCUT2D eigenvalue weighted by Crippen LogP contribution is -1.98. The van der Waals surface area contributed by atoms with E-state index in [1.807, 2.05) is 13.0 Å². The Morgan fingerprint density at radius 3 is 2.55 bits per heavy atom. The predicted molar refractivity (Wildman–Crippen MR) is 73.1 cm³/mol. The van der Waals surface area contributed by atoms with Crippen molar-refractivity contribution in [2.75, 3.05) is 7.11 Å². The van der Waals surface area contributed by atoms with E-state index in [4.69, 9.17) is 8.83 Å². The maximum absolute atomic E-state index is 11.5. The molecule has 0 aliphatic heterocycles. The minimum atomic E-state index is -0.539. The number of carbonyl (C=O) groups excluding carboxylic acids is 1. The molecule has 5 nitrogen and oxygen atoms in total. The van der Waals surface area contributed by atoms with Crippen molar-refractivity contribution in [1.29, 1.82) is 0 Å². The van der Waals surface area contributed by atoms with Crippen LogP contribution in [-0.4, -0.2) is 13.1 Å². The zero-order valence-corrected chi connectivity index (χ0v) is 11.3. The molecule has 0 N–H and O–H groups in total. The van der Waals surface area contributed by atoms with Crippen LogP contribution in [0, 0.1) is 13.8 Å². The van der Waals surface area contributed by atoms with E-state index < -0.39 is 11.6 Å². The Bertz CT molecular complexity index is 898. The largest absolute Gasteiger partial charge is 0.463 e. The van der Waals surface area contributed by atoms with Gasteiger partial charge < -0.3 is 13.6 Å². The summed E-state index contributed by atoms with van der Waals surface area (Å²) in [5.74, 6) is -0.413. The Labute approximate surface area is 113 Å². The summed E-state index contributed by atoms with van der Waals surface area (Å²) in [4.78, 5) is 23.0. The van der Waals surface area contributed by atoms with E-state index in [0.29, 0.717) is 16.7 Å². The highest BCUT2D eigenvalue weighted by atomic mass is 16.5. The van der Waals surface area contributed by atoms with Crippen LogP contribution < -0.4 is 5.63 Å². The molecule has 0 aliphatic rings. The van der Waals surface area contributed by atoms with Crippen LogP contribution in [-0.2, 0) is 4.74 Å². The molecule has 3 aromatic rings. The zero-order chi connectivity index (χ0) is 14.4. The Balaban J connectivity index is 2.43. The summed E-state index contributed by atoms with van der Waals surface area (Å²) in [6, 6.07) is 4.90. The molecule has 0 bridgehead atoms. The fourth-order valence-corrected chi connectivity index (χ4v) is 2.34. The number of benzene rings is 1. The SMILES string of the molecule is COC(=O)c1cc2cc3c(C)cc(=O)oc3c(C)c2o1. The molecule has 3 rings (SSSR count). The van der Waals surface area contributed by atoms with Crippen molar-refractivity contribution in [3.05, 3.63) is 45.5 Å². The van der Waals surface area contributed by atoms with Gasteiger partial charge in [0.2, 0.25) is 5.76 Å². The first kappa shape index (κ1) is 12.5. The Morgan fingerprint density at radius 2 is 1.85 bits per heavy atom. The standard InChI is InChI=1S/C15H12O5/c1-7-4-12(16)20-14-8(2)13-9(5-10(7)14)6-11(19-13)15(17)18-3/h4-6H,1-3H3. The molecule has 0 fully saturated rings. The van der Waals surface area contributed by atoms with Gasteiger partial charge in [-0.15, -0.1) is 0 Å². The highest BCUT2D eigenvalue weighted by Crippen LogP contribution is 2.31. The fraction of sp³-hybridized carbons (Fsp3) is 0.200. The maximum atomic E-state index is 11.5. The molecule has 0 saturated heterocycles. The first-order valence-corrected chi connectivity index (χ1v) is 6.07.